The number of hydrogen-bond donors (Lipinski definition) is 3. The highest BCUT2D eigenvalue weighted by Gasteiger charge is 2.17. The van der Waals surface area contributed by atoms with Gasteiger partial charge in [0.1, 0.15) is 0 Å². The topological polar surface area (TPSA) is 69.6 Å². The monoisotopic (exact) mass is 756 g/mol. The molecule has 1 amide bonds. The molecule has 4 heteroatoms. The predicted molar refractivity (Wildman–Crippen MR) is 243 cm³/mol. The molecule has 2 unspecified atom stereocenters. The van der Waals surface area contributed by atoms with Crippen molar-refractivity contribution in [1.82, 2.24) is 5.32 Å². The highest BCUT2D eigenvalue weighted by atomic mass is 16.3. The lowest BCUT2D eigenvalue weighted by Crippen LogP contribution is -2.45. The van der Waals surface area contributed by atoms with E-state index in [4.69, 9.17) is 0 Å². The number of amides is 1. The average molecular weight is 756 g/mol. The molecule has 55 heavy (non-hydrogen) atoms. The van der Waals surface area contributed by atoms with Gasteiger partial charge in [-0.25, -0.2) is 0 Å². The molecule has 0 aliphatic rings. The number of rotatable bonds is 37. The molecule has 0 aromatic rings. The van der Waals surface area contributed by atoms with Gasteiger partial charge in [-0.2, -0.15) is 0 Å². The van der Waals surface area contributed by atoms with Crippen molar-refractivity contribution in [2.75, 3.05) is 6.61 Å². The summed E-state index contributed by atoms with van der Waals surface area (Å²) in [5, 5.41) is 22.8. The number of hydrogen-bond acceptors (Lipinski definition) is 3. The van der Waals surface area contributed by atoms with E-state index in [1.54, 1.807) is 6.08 Å². The number of carbonyl (C=O) groups is 1. The number of nitrogens with one attached hydrogen (secondary N) is 1. The fourth-order valence-electron chi connectivity index (χ4n) is 5.56. The minimum Gasteiger partial charge on any atom is -0.394 e. The van der Waals surface area contributed by atoms with Crippen LogP contribution in [0, 0.1) is 0 Å². The third kappa shape index (κ3) is 41.5. The molecule has 308 valence electrons. The molecule has 0 fully saturated rings. The van der Waals surface area contributed by atoms with Crippen molar-refractivity contribution in [2.24, 2.45) is 0 Å². The zero-order chi connectivity index (χ0) is 40.0. The number of unbranched alkanes of at least 4 members (excludes halogenated alkanes) is 10. The normalized spacial score (nSPS) is 14.3. The minimum absolute atomic E-state index is 0.0998. The van der Waals surface area contributed by atoms with Gasteiger partial charge >= 0.3 is 0 Å². The molecule has 0 heterocycles. The maximum absolute atomic E-state index is 12.3. The molecular formula is C51H81NO3. The first-order valence-corrected chi connectivity index (χ1v) is 21.9. The molecule has 0 aromatic carbocycles. The molecular weight excluding hydrogens is 675 g/mol. The molecule has 4 nitrogen and oxygen atoms in total. The van der Waals surface area contributed by atoms with Crippen LogP contribution in [-0.4, -0.2) is 34.9 Å². The van der Waals surface area contributed by atoms with Crippen molar-refractivity contribution in [2.45, 2.75) is 174 Å². The van der Waals surface area contributed by atoms with E-state index in [1.165, 1.54) is 32.1 Å². The number of aliphatic hydroxyl groups is 2. The summed E-state index contributed by atoms with van der Waals surface area (Å²) in [5.41, 5.74) is 0. The zero-order valence-corrected chi connectivity index (χ0v) is 35.1. The first-order valence-electron chi connectivity index (χ1n) is 21.9. The molecule has 0 aromatic heterocycles. The second-order valence-corrected chi connectivity index (χ2v) is 14.0. The van der Waals surface area contributed by atoms with Gasteiger partial charge in [0.2, 0.25) is 5.91 Å². The second-order valence-electron chi connectivity index (χ2n) is 14.0. The average Bonchev–Trinajstić information content (AvgIpc) is 3.19. The van der Waals surface area contributed by atoms with Crippen LogP contribution in [0.3, 0.4) is 0 Å². The van der Waals surface area contributed by atoms with Crippen molar-refractivity contribution in [1.29, 1.82) is 0 Å². The van der Waals surface area contributed by atoms with Gasteiger partial charge in [0.05, 0.1) is 18.8 Å². The summed E-state index contributed by atoms with van der Waals surface area (Å²) in [5.74, 6) is -0.0998. The Morgan fingerprint density at radius 2 is 0.800 bits per heavy atom. The van der Waals surface area contributed by atoms with Gasteiger partial charge in [0, 0.05) is 6.42 Å². The first-order chi connectivity index (χ1) is 27.2. The Hall–Kier alpha value is -3.47. The maximum atomic E-state index is 12.3. The van der Waals surface area contributed by atoms with Crippen LogP contribution in [0.2, 0.25) is 0 Å². The van der Waals surface area contributed by atoms with E-state index in [-0.39, 0.29) is 12.5 Å². The fraction of sp³-hybridized carbons (Fsp3) is 0.549. The molecule has 0 saturated carbocycles. The van der Waals surface area contributed by atoms with E-state index >= 15 is 0 Å². The van der Waals surface area contributed by atoms with E-state index < -0.39 is 12.1 Å². The molecule has 0 saturated heterocycles. The highest BCUT2D eigenvalue weighted by molar-refractivity contribution is 5.76. The van der Waals surface area contributed by atoms with Crippen molar-refractivity contribution >= 4 is 5.91 Å². The number of aliphatic hydroxyl groups excluding tert-OH is 2. The van der Waals surface area contributed by atoms with Gasteiger partial charge in [-0.1, -0.05) is 192 Å². The smallest absolute Gasteiger partial charge is 0.220 e. The van der Waals surface area contributed by atoms with E-state index in [0.717, 1.165) is 109 Å². The summed E-state index contributed by atoms with van der Waals surface area (Å²) in [6.07, 6.45) is 71.4. The van der Waals surface area contributed by atoms with E-state index in [0.29, 0.717) is 6.42 Å². The Morgan fingerprint density at radius 1 is 0.455 bits per heavy atom. The molecule has 2 atom stereocenters. The quantitative estimate of drug-likeness (QED) is 0.0437. The highest BCUT2D eigenvalue weighted by Crippen LogP contribution is 2.09. The van der Waals surface area contributed by atoms with E-state index in [1.807, 2.05) is 6.08 Å². The molecule has 3 N–H and O–H groups in total. The SMILES string of the molecule is CC/C=C\C/C=C\C/C=C\C/C=C\C/C=C\C/C=C\C/C=C\C/C=C\C/C=C\C/C=C\CCCCCCC(=O)NC(CO)C(O)/C=C/CCCCCCCC. The molecule has 0 spiro atoms. The lowest BCUT2D eigenvalue weighted by atomic mass is 10.1. The molecule has 0 rings (SSSR count). The lowest BCUT2D eigenvalue weighted by Gasteiger charge is -2.20. The Labute approximate surface area is 339 Å². The van der Waals surface area contributed by atoms with Gasteiger partial charge in [0.15, 0.2) is 0 Å². The van der Waals surface area contributed by atoms with Crippen molar-refractivity contribution in [3.8, 4) is 0 Å². The third-order valence-electron chi connectivity index (χ3n) is 8.89. The minimum atomic E-state index is -0.856. The number of carbonyl (C=O) groups excluding carboxylic acids is 1. The third-order valence-corrected chi connectivity index (χ3v) is 8.89. The van der Waals surface area contributed by atoms with Crippen LogP contribution in [0.25, 0.3) is 0 Å². The van der Waals surface area contributed by atoms with Crippen molar-refractivity contribution in [3.05, 3.63) is 134 Å². The zero-order valence-electron chi connectivity index (χ0n) is 35.1. The van der Waals surface area contributed by atoms with Gasteiger partial charge < -0.3 is 15.5 Å². The summed E-state index contributed by atoms with van der Waals surface area (Å²) < 4.78 is 0. The standard InChI is InChI=1S/C51H81NO3/c1-3-5-7-9-11-13-14-15-16-17-18-19-20-21-22-23-24-25-26-27-28-29-30-31-32-33-34-35-36-37-38-39-41-43-45-47-51(55)52-49(48-53)50(54)46-44-42-40-12-10-8-6-4-2/h5,7,11,13,15-16,18-19,21-22,24-25,27-28,30-31,33-34,36-37,44,46,49-50,53-54H,3-4,6,8-10,12,14,17,20,23,26,29,32,35,38-43,45,47-48H2,1-2H3,(H,52,55)/b7-5-,13-11-,16-15-,19-18-,22-21-,25-24-,28-27-,31-30-,34-33-,37-36-,46-44+. The van der Waals surface area contributed by atoms with Gasteiger partial charge in [-0.15, -0.1) is 0 Å². The van der Waals surface area contributed by atoms with Gasteiger partial charge in [-0.3, -0.25) is 4.79 Å². The Balaban J connectivity index is 3.72. The van der Waals surface area contributed by atoms with E-state index in [2.05, 4.69) is 141 Å². The predicted octanol–water partition coefficient (Wildman–Crippen LogP) is 14.0. The van der Waals surface area contributed by atoms with Crippen LogP contribution >= 0.6 is 0 Å². The van der Waals surface area contributed by atoms with Crippen molar-refractivity contribution < 1.29 is 15.0 Å². The Morgan fingerprint density at radius 3 is 1.20 bits per heavy atom. The van der Waals surface area contributed by atoms with Gasteiger partial charge in [-0.05, 0) is 96.3 Å². The van der Waals surface area contributed by atoms with Crippen LogP contribution < -0.4 is 5.32 Å². The van der Waals surface area contributed by atoms with Crippen LogP contribution in [0.1, 0.15) is 162 Å². The largest absolute Gasteiger partial charge is 0.394 e. The van der Waals surface area contributed by atoms with E-state index in [9.17, 15) is 15.0 Å². The summed E-state index contributed by atoms with van der Waals surface area (Å²) >= 11 is 0. The lowest BCUT2D eigenvalue weighted by molar-refractivity contribution is -0.123. The molecule has 0 bridgehead atoms. The van der Waals surface area contributed by atoms with Crippen molar-refractivity contribution in [3.63, 3.8) is 0 Å². The van der Waals surface area contributed by atoms with Gasteiger partial charge in [0.25, 0.3) is 0 Å². The van der Waals surface area contributed by atoms with Crippen LogP contribution in [0.5, 0.6) is 0 Å². The summed E-state index contributed by atoms with van der Waals surface area (Å²) in [6.45, 7) is 4.11. The maximum Gasteiger partial charge on any atom is 0.220 e. The Bertz CT molecular complexity index is 1180. The van der Waals surface area contributed by atoms with Crippen LogP contribution in [0.4, 0.5) is 0 Å². The first kappa shape index (κ1) is 51.5. The summed E-state index contributed by atoms with van der Waals surface area (Å²) in [6, 6.07) is -0.643. The Kier molecular flexibility index (Phi) is 42.1. The van der Waals surface area contributed by atoms with Crippen LogP contribution in [0.15, 0.2) is 134 Å². The summed E-state index contributed by atoms with van der Waals surface area (Å²) in [7, 11) is 0. The molecule has 0 aliphatic carbocycles. The summed E-state index contributed by atoms with van der Waals surface area (Å²) in [4.78, 5) is 12.3. The van der Waals surface area contributed by atoms with Crippen LogP contribution in [-0.2, 0) is 4.79 Å². The second kappa shape index (κ2) is 44.9. The molecule has 0 aliphatic heterocycles. The molecule has 0 radical (unpaired) electrons. The fourth-order valence-corrected chi connectivity index (χ4v) is 5.56. The number of allylic oxidation sites excluding steroid dienone is 21.